The predicted octanol–water partition coefficient (Wildman–Crippen LogP) is 0.618. The highest BCUT2D eigenvalue weighted by molar-refractivity contribution is 7.90. The molecule has 3 aliphatic heterocycles. The monoisotopic (exact) mass is 451 g/mol. The van der Waals surface area contributed by atoms with E-state index in [0.717, 1.165) is 44.6 Å². The first-order valence-corrected chi connectivity index (χ1v) is 12.9. The Hall–Kier alpha value is -1.49. The highest BCUT2D eigenvalue weighted by Gasteiger charge is 2.50. The van der Waals surface area contributed by atoms with Crippen LogP contribution in [0.3, 0.4) is 0 Å². The molecule has 0 aromatic carbocycles. The minimum Gasteiger partial charge on any atom is -0.352 e. The van der Waals surface area contributed by atoms with Crippen LogP contribution in [0.15, 0.2) is 12.4 Å². The number of carbonyl (C=O) groups excluding carboxylic acids is 1. The van der Waals surface area contributed by atoms with Gasteiger partial charge in [0.2, 0.25) is 10.0 Å². The molecular formula is C21H33N5O4S. The molecule has 5 rings (SSSR count). The van der Waals surface area contributed by atoms with Gasteiger partial charge in [0.15, 0.2) is 6.10 Å². The van der Waals surface area contributed by atoms with Crippen molar-refractivity contribution in [2.75, 3.05) is 40.3 Å². The van der Waals surface area contributed by atoms with E-state index in [2.05, 4.69) is 24.0 Å². The normalized spacial score (nSPS) is 27.6. The zero-order valence-corrected chi connectivity index (χ0v) is 19.3. The van der Waals surface area contributed by atoms with Gasteiger partial charge in [-0.3, -0.25) is 4.79 Å². The lowest BCUT2D eigenvalue weighted by Crippen LogP contribution is -2.56. The van der Waals surface area contributed by atoms with Gasteiger partial charge < -0.3 is 19.1 Å². The van der Waals surface area contributed by atoms with Gasteiger partial charge in [0.25, 0.3) is 5.91 Å². The number of fused-ring (bicyclic) bond motifs is 2. The highest BCUT2D eigenvalue weighted by atomic mass is 32.2. The predicted molar refractivity (Wildman–Crippen MR) is 115 cm³/mol. The molecule has 1 aromatic rings. The van der Waals surface area contributed by atoms with Crippen LogP contribution in [-0.4, -0.2) is 95.7 Å². The van der Waals surface area contributed by atoms with E-state index in [4.69, 9.17) is 4.74 Å². The number of imidazole rings is 1. The van der Waals surface area contributed by atoms with E-state index in [9.17, 15) is 13.2 Å². The molecule has 1 aliphatic carbocycles. The molecule has 1 aromatic heterocycles. The van der Waals surface area contributed by atoms with Crippen molar-refractivity contribution in [2.24, 2.45) is 0 Å². The number of rotatable bonds is 4. The fourth-order valence-corrected chi connectivity index (χ4v) is 7.20. The van der Waals surface area contributed by atoms with E-state index in [1.807, 2.05) is 15.7 Å². The Balaban J connectivity index is 1.30. The van der Waals surface area contributed by atoms with Crippen LogP contribution in [0, 0.1) is 0 Å². The maximum atomic E-state index is 13.4. The molecule has 0 bridgehead atoms. The SMILES string of the molecule is CN(C)C1CCN(C(=O)C2Cn3ccnc3C3(CCN(S(=O)(=O)C4CC4)CC3)O2)CC1. The molecule has 2 saturated heterocycles. The molecule has 1 spiro atoms. The minimum absolute atomic E-state index is 0.0453. The first-order valence-electron chi connectivity index (χ1n) is 11.4. The van der Waals surface area contributed by atoms with E-state index < -0.39 is 21.7 Å². The Labute approximate surface area is 184 Å². The van der Waals surface area contributed by atoms with Gasteiger partial charge in [-0.05, 0) is 52.6 Å². The Morgan fingerprint density at radius 1 is 1.13 bits per heavy atom. The molecule has 0 radical (unpaired) electrons. The average molecular weight is 452 g/mol. The molecule has 4 aliphatic rings. The molecule has 31 heavy (non-hydrogen) atoms. The van der Waals surface area contributed by atoms with Crippen molar-refractivity contribution in [1.29, 1.82) is 0 Å². The summed E-state index contributed by atoms with van der Waals surface area (Å²) in [6.45, 7) is 2.80. The number of nitrogens with zero attached hydrogens (tertiary/aromatic N) is 5. The standard InChI is InChI=1S/C21H33N5O4S/c1-23(2)16-5-10-24(11-6-16)19(27)18-15-25-14-9-22-20(25)21(30-18)7-12-26(13-8-21)31(28,29)17-3-4-17/h9,14,16-18H,3-8,10-13,15H2,1-2H3. The van der Waals surface area contributed by atoms with Crippen LogP contribution in [0.2, 0.25) is 0 Å². The number of piperidine rings is 2. The van der Waals surface area contributed by atoms with Gasteiger partial charge in [-0.1, -0.05) is 0 Å². The first-order chi connectivity index (χ1) is 14.8. The Morgan fingerprint density at radius 3 is 2.42 bits per heavy atom. The number of carbonyl (C=O) groups is 1. The fourth-order valence-electron chi connectivity index (χ4n) is 5.35. The van der Waals surface area contributed by atoms with Crippen molar-refractivity contribution in [3.05, 3.63) is 18.2 Å². The lowest BCUT2D eigenvalue weighted by molar-refractivity contribution is -0.179. The number of likely N-dealkylation sites (tertiary alicyclic amines) is 1. The average Bonchev–Trinajstić information content (AvgIpc) is 3.52. The van der Waals surface area contributed by atoms with Crippen molar-refractivity contribution in [2.45, 2.75) is 68.1 Å². The zero-order chi connectivity index (χ0) is 21.8. The van der Waals surface area contributed by atoms with Gasteiger partial charge in [-0.15, -0.1) is 0 Å². The largest absolute Gasteiger partial charge is 0.352 e. The molecule has 1 saturated carbocycles. The van der Waals surface area contributed by atoms with Gasteiger partial charge in [-0.25, -0.2) is 17.7 Å². The summed E-state index contributed by atoms with van der Waals surface area (Å²) >= 11 is 0. The van der Waals surface area contributed by atoms with E-state index in [1.54, 1.807) is 10.5 Å². The van der Waals surface area contributed by atoms with Crippen molar-refractivity contribution in [3.63, 3.8) is 0 Å². The van der Waals surface area contributed by atoms with Crippen LogP contribution in [0.5, 0.6) is 0 Å². The third-order valence-corrected chi connectivity index (χ3v) is 9.87. The molecule has 4 heterocycles. The number of amides is 1. The number of hydrogen-bond acceptors (Lipinski definition) is 6. The quantitative estimate of drug-likeness (QED) is 0.667. The second kappa shape index (κ2) is 7.83. The van der Waals surface area contributed by atoms with Crippen LogP contribution >= 0.6 is 0 Å². The first kappa shape index (κ1) is 21.4. The summed E-state index contributed by atoms with van der Waals surface area (Å²) in [7, 11) is 0.984. The van der Waals surface area contributed by atoms with E-state index in [-0.39, 0.29) is 11.2 Å². The van der Waals surface area contributed by atoms with Crippen LogP contribution < -0.4 is 0 Å². The summed E-state index contributed by atoms with van der Waals surface area (Å²) in [5.74, 6) is 0.871. The van der Waals surface area contributed by atoms with Crippen molar-refractivity contribution in [3.8, 4) is 0 Å². The van der Waals surface area contributed by atoms with Crippen LogP contribution in [0.1, 0.15) is 44.3 Å². The van der Waals surface area contributed by atoms with Gasteiger partial charge in [0, 0.05) is 44.6 Å². The molecule has 1 amide bonds. The molecule has 10 heteroatoms. The molecule has 0 N–H and O–H groups in total. The second-order valence-corrected chi connectivity index (χ2v) is 11.9. The summed E-state index contributed by atoms with van der Waals surface area (Å²) in [5, 5.41) is -0.199. The number of hydrogen-bond donors (Lipinski definition) is 0. The molecule has 1 unspecified atom stereocenters. The molecule has 3 fully saturated rings. The molecule has 172 valence electrons. The maximum absolute atomic E-state index is 13.4. The Kier molecular flexibility index (Phi) is 5.39. The highest BCUT2D eigenvalue weighted by Crippen LogP contribution is 2.42. The van der Waals surface area contributed by atoms with Crippen molar-refractivity contribution in [1.82, 2.24) is 23.7 Å². The Bertz CT molecular complexity index is 925. The summed E-state index contributed by atoms with van der Waals surface area (Å²) in [6, 6.07) is 0.515. The van der Waals surface area contributed by atoms with Gasteiger partial charge in [-0.2, -0.15) is 0 Å². The minimum atomic E-state index is -3.20. The number of aromatic nitrogens is 2. The molecular weight excluding hydrogens is 418 g/mol. The van der Waals surface area contributed by atoms with Crippen molar-refractivity contribution < 1.29 is 17.9 Å². The fraction of sp³-hybridized carbons (Fsp3) is 0.810. The third-order valence-electron chi connectivity index (χ3n) is 7.47. The summed E-state index contributed by atoms with van der Waals surface area (Å²) < 4.78 is 35.5. The van der Waals surface area contributed by atoms with Crippen LogP contribution in [0.4, 0.5) is 0 Å². The Morgan fingerprint density at radius 2 is 1.81 bits per heavy atom. The third kappa shape index (κ3) is 3.81. The summed E-state index contributed by atoms with van der Waals surface area (Å²) in [5.41, 5.74) is -0.695. The number of ether oxygens (including phenoxy) is 1. The van der Waals surface area contributed by atoms with Crippen molar-refractivity contribution >= 4 is 15.9 Å². The lowest BCUT2D eigenvalue weighted by atomic mass is 9.89. The smallest absolute Gasteiger partial charge is 0.253 e. The topological polar surface area (TPSA) is 88.0 Å². The maximum Gasteiger partial charge on any atom is 0.253 e. The number of sulfonamides is 1. The van der Waals surface area contributed by atoms with Gasteiger partial charge in [0.1, 0.15) is 11.4 Å². The van der Waals surface area contributed by atoms with E-state index >= 15 is 0 Å². The zero-order valence-electron chi connectivity index (χ0n) is 18.4. The van der Waals surface area contributed by atoms with Gasteiger partial charge in [0.05, 0.1) is 11.8 Å². The van der Waals surface area contributed by atoms with Crippen LogP contribution in [0.25, 0.3) is 0 Å². The lowest BCUT2D eigenvalue weighted by Gasteiger charge is -2.46. The molecule has 1 atom stereocenters. The molecule has 9 nitrogen and oxygen atoms in total. The van der Waals surface area contributed by atoms with E-state index in [1.165, 1.54) is 0 Å². The van der Waals surface area contributed by atoms with Gasteiger partial charge >= 0.3 is 0 Å². The second-order valence-electron chi connectivity index (χ2n) is 9.67. The summed E-state index contributed by atoms with van der Waals surface area (Å²) in [4.78, 5) is 22.1. The van der Waals surface area contributed by atoms with Crippen LogP contribution in [-0.2, 0) is 31.7 Å². The summed E-state index contributed by atoms with van der Waals surface area (Å²) in [6.07, 6.45) is 7.66. The van der Waals surface area contributed by atoms with E-state index in [0.29, 0.717) is 38.5 Å².